The molecule has 0 bridgehead atoms. The molecule has 2 heterocycles. The second-order valence-corrected chi connectivity index (χ2v) is 8.10. The van der Waals surface area contributed by atoms with Crippen LogP contribution < -0.4 is 10.6 Å². The summed E-state index contributed by atoms with van der Waals surface area (Å²) in [6.07, 6.45) is -0.211. The van der Waals surface area contributed by atoms with Crippen LogP contribution in [-0.2, 0) is 0 Å². The molecule has 4 rings (SSSR count). The molecule has 2 aromatic rings. The van der Waals surface area contributed by atoms with Gasteiger partial charge in [0.25, 0.3) is 0 Å². The summed E-state index contributed by atoms with van der Waals surface area (Å²) in [5.41, 5.74) is 2.20. The Kier molecular flexibility index (Phi) is 4.24. The normalized spacial score (nSPS) is 22.4. The maximum Gasteiger partial charge on any atom is 0.192 e. The standard InChI is InChI=1S/C16H12Br2N4S2/c17-11-5-1-9(2-6-11)13-19-15(23)22-14(20-16(24)21(13)22)10-3-7-12(18)8-4-10/h1-8,13-14H,(H,19,23)(H,20,24). The van der Waals surface area contributed by atoms with E-state index in [0.29, 0.717) is 10.2 Å². The van der Waals surface area contributed by atoms with Crippen molar-refractivity contribution in [3.63, 3.8) is 0 Å². The van der Waals surface area contributed by atoms with Crippen molar-refractivity contribution < 1.29 is 0 Å². The summed E-state index contributed by atoms with van der Waals surface area (Å²) in [6.45, 7) is 0. The molecule has 0 spiro atoms. The fraction of sp³-hybridized carbons (Fsp3) is 0.125. The monoisotopic (exact) mass is 482 g/mol. The molecule has 8 heteroatoms. The van der Waals surface area contributed by atoms with E-state index in [2.05, 4.69) is 66.8 Å². The first-order valence-corrected chi connectivity index (χ1v) is 9.65. The molecule has 0 saturated carbocycles. The first-order valence-electron chi connectivity index (χ1n) is 7.25. The van der Waals surface area contributed by atoms with E-state index in [0.717, 1.165) is 20.1 Å². The van der Waals surface area contributed by atoms with Crippen molar-refractivity contribution in [3.8, 4) is 0 Å². The van der Waals surface area contributed by atoms with Crippen LogP contribution in [0.5, 0.6) is 0 Å². The van der Waals surface area contributed by atoms with Gasteiger partial charge in [0.2, 0.25) is 0 Å². The summed E-state index contributed by atoms with van der Waals surface area (Å²) >= 11 is 18.1. The van der Waals surface area contributed by atoms with Gasteiger partial charge >= 0.3 is 0 Å². The predicted octanol–water partition coefficient (Wildman–Crippen LogP) is 4.20. The van der Waals surface area contributed by atoms with E-state index in [-0.39, 0.29) is 12.3 Å². The van der Waals surface area contributed by atoms with Gasteiger partial charge in [-0.1, -0.05) is 56.1 Å². The van der Waals surface area contributed by atoms with Crippen molar-refractivity contribution in [2.45, 2.75) is 12.3 Å². The number of hydrogen-bond donors (Lipinski definition) is 2. The molecule has 0 aliphatic carbocycles. The van der Waals surface area contributed by atoms with Crippen LogP contribution in [0.1, 0.15) is 23.5 Å². The second-order valence-electron chi connectivity index (χ2n) is 5.50. The average Bonchev–Trinajstić information content (AvgIpc) is 3.08. The van der Waals surface area contributed by atoms with Crippen molar-refractivity contribution in [3.05, 3.63) is 68.6 Å². The lowest BCUT2D eigenvalue weighted by molar-refractivity contribution is 0.114. The zero-order valence-electron chi connectivity index (χ0n) is 12.2. The van der Waals surface area contributed by atoms with Crippen LogP contribution in [0.3, 0.4) is 0 Å². The minimum atomic E-state index is -0.106. The number of nitrogens with zero attached hydrogens (tertiary/aromatic N) is 2. The van der Waals surface area contributed by atoms with E-state index >= 15 is 0 Å². The first-order chi connectivity index (χ1) is 11.5. The maximum atomic E-state index is 5.57. The fourth-order valence-corrected chi connectivity index (χ4v) is 4.05. The Morgan fingerprint density at radius 1 is 0.667 bits per heavy atom. The Balaban J connectivity index is 1.68. The number of nitrogens with one attached hydrogen (secondary N) is 2. The molecule has 2 saturated heterocycles. The summed E-state index contributed by atoms with van der Waals surface area (Å²) in [7, 11) is 0. The number of benzene rings is 2. The fourth-order valence-electron chi connectivity index (χ4n) is 2.91. The van der Waals surface area contributed by atoms with Gasteiger partial charge in [0.1, 0.15) is 12.3 Å². The van der Waals surface area contributed by atoms with Gasteiger partial charge in [0.05, 0.1) is 0 Å². The van der Waals surface area contributed by atoms with Gasteiger partial charge in [-0.2, -0.15) is 0 Å². The molecule has 24 heavy (non-hydrogen) atoms. The van der Waals surface area contributed by atoms with Crippen molar-refractivity contribution in [2.75, 3.05) is 0 Å². The highest BCUT2D eigenvalue weighted by Gasteiger charge is 2.47. The summed E-state index contributed by atoms with van der Waals surface area (Å²) in [4.78, 5) is 0. The lowest BCUT2D eigenvalue weighted by Gasteiger charge is -2.26. The minimum absolute atomic E-state index is 0.106. The third-order valence-corrected chi connectivity index (χ3v) is 5.70. The molecule has 0 amide bonds. The zero-order valence-corrected chi connectivity index (χ0v) is 17.0. The molecule has 2 aliphatic heterocycles. The van der Waals surface area contributed by atoms with Crippen molar-refractivity contribution >= 4 is 66.5 Å². The third-order valence-electron chi connectivity index (χ3n) is 4.03. The van der Waals surface area contributed by atoms with Gasteiger partial charge in [-0.05, 0) is 59.8 Å². The van der Waals surface area contributed by atoms with Crippen LogP contribution in [-0.4, -0.2) is 20.2 Å². The highest BCUT2D eigenvalue weighted by Crippen LogP contribution is 2.37. The van der Waals surface area contributed by atoms with E-state index in [4.69, 9.17) is 24.4 Å². The lowest BCUT2D eigenvalue weighted by Crippen LogP contribution is -2.36. The smallest absolute Gasteiger partial charge is 0.192 e. The van der Waals surface area contributed by atoms with Gasteiger partial charge in [-0.25, -0.2) is 10.0 Å². The number of halogens is 2. The minimum Gasteiger partial charge on any atom is -0.336 e. The summed E-state index contributed by atoms with van der Waals surface area (Å²) in [5, 5.41) is 12.1. The molecule has 2 atom stereocenters. The molecule has 2 fully saturated rings. The van der Waals surface area contributed by atoms with Crippen LogP contribution >= 0.6 is 56.3 Å². The summed E-state index contributed by atoms with van der Waals surface area (Å²) in [6, 6.07) is 16.3. The Morgan fingerprint density at radius 2 is 1.00 bits per heavy atom. The van der Waals surface area contributed by atoms with E-state index < -0.39 is 0 Å². The molecule has 0 radical (unpaired) electrons. The maximum absolute atomic E-state index is 5.57. The van der Waals surface area contributed by atoms with Gasteiger partial charge < -0.3 is 10.6 Å². The molecule has 2 N–H and O–H groups in total. The molecule has 2 aromatic carbocycles. The molecule has 0 aromatic heterocycles. The first kappa shape index (κ1) is 16.3. The van der Waals surface area contributed by atoms with Crippen molar-refractivity contribution in [2.24, 2.45) is 0 Å². The number of thiocarbonyl (C=S) groups is 2. The van der Waals surface area contributed by atoms with Gasteiger partial charge in [0, 0.05) is 8.95 Å². The van der Waals surface area contributed by atoms with Crippen LogP contribution in [0, 0.1) is 0 Å². The van der Waals surface area contributed by atoms with Crippen LogP contribution in [0.2, 0.25) is 0 Å². The summed E-state index contributed by atoms with van der Waals surface area (Å²) in [5.74, 6) is 0. The Bertz CT molecular complexity index is 740. The molecule has 122 valence electrons. The number of fused-ring (bicyclic) bond motifs is 1. The Morgan fingerprint density at radius 3 is 1.33 bits per heavy atom. The number of hydrogen-bond acceptors (Lipinski definition) is 2. The van der Waals surface area contributed by atoms with Crippen molar-refractivity contribution in [1.82, 2.24) is 20.7 Å². The van der Waals surface area contributed by atoms with Crippen LogP contribution in [0.25, 0.3) is 0 Å². The topological polar surface area (TPSA) is 30.5 Å². The molecule has 2 unspecified atom stereocenters. The van der Waals surface area contributed by atoms with E-state index in [1.807, 2.05) is 34.3 Å². The molecule has 2 aliphatic rings. The predicted molar refractivity (Wildman–Crippen MR) is 109 cm³/mol. The second kappa shape index (κ2) is 6.25. The van der Waals surface area contributed by atoms with Crippen LogP contribution in [0.15, 0.2) is 57.5 Å². The zero-order chi connectivity index (χ0) is 16.8. The number of rotatable bonds is 2. The summed E-state index contributed by atoms with van der Waals surface area (Å²) < 4.78 is 2.08. The molecular formula is C16H12Br2N4S2. The third kappa shape index (κ3) is 2.71. The van der Waals surface area contributed by atoms with Gasteiger partial charge in [-0.15, -0.1) is 0 Å². The SMILES string of the molecule is S=C1NC(c2ccc(Br)cc2)N2C(=S)NC(c3ccc(Br)cc3)N12. The van der Waals surface area contributed by atoms with E-state index in [1.54, 1.807) is 0 Å². The largest absolute Gasteiger partial charge is 0.336 e. The highest BCUT2D eigenvalue weighted by molar-refractivity contribution is 9.10. The Hall–Kier alpha value is -1.22. The Labute approximate surface area is 167 Å². The van der Waals surface area contributed by atoms with E-state index in [1.165, 1.54) is 0 Å². The molecule has 4 nitrogen and oxygen atoms in total. The van der Waals surface area contributed by atoms with Crippen LogP contribution in [0.4, 0.5) is 0 Å². The highest BCUT2D eigenvalue weighted by atomic mass is 79.9. The van der Waals surface area contributed by atoms with E-state index in [9.17, 15) is 0 Å². The van der Waals surface area contributed by atoms with Gasteiger partial charge in [-0.3, -0.25) is 0 Å². The number of hydrazine groups is 1. The average molecular weight is 484 g/mol. The quantitative estimate of drug-likeness (QED) is 0.622. The van der Waals surface area contributed by atoms with Gasteiger partial charge in [0.15, 0.2) is 10.2 Å². The lowest BCUT2D eigenvalue weighted by atomic mass is 10.2. The van der Waals surface area contributed by atoms with Crippen molar-refractivity contribution in [1.29, 1.82) is 0 Å². The molecular weight excluding hydrogens is 472 g/mol.